The van der Waals surface area contributed by atoms with Gasteiger partial charge in [0.15, 0.2) is 5.76 Å². The number of aryl methyl sites for hydroxylation is 1. The topological polar surface area (TPSA) is 109 Å². The van der Waals surface area contributed by atoms with Gasteiger partial charge >= 0.3 is 6.18 Å². The summed E-state index contributed by atoms with van der Waals surface area (Å²) in [7, 11) is -3.85. The normalized spacial score (nSPS) is 15.4. The van der Waals surface area contributed by atoms with Crippen LogP contribution in [0.15, 0.2) is 39.8 Å². The highest BCUT2D eigenvalue weighted by molar-refractivity contribution is 7.89. The molecule has 3 rings (SSSR count). The van der Waals surface area contributed by atoms with E-state index in [2.05, 4.69) is 5.32 Å². The van der Waals surface area contributed by atoms with E-state index in [0.717, 1.165) is 19.3 Å². The number of carbonyl (C=O) groups excluding carboxylic acids is 2. The number of sulfonamides is 1. The van der Waals surface area contributed by atoms with Crippen molar-refractivity contribution in [3.05, 3.63) is 47.2 Å². The molecule has 8 nitrogen and oxygen atoms in total. The number of piperidine rings is 1. The van der Waals surface area contributed by atoms with E-state index >= 15 is 0 Å². The number of halogens is 3. The summed E-state index contributed by atoms with van der Waals surface area (Å²) in [5.41, 5.74) is 0.632. The van der Waals surface area contributed by atoms with E-state index in [9.17, 15) is 31.2 Å². The summed E-state index contributed by atoms with van der Waals surface area (Å²) >= 11 is 0. The van der Waals surface area contributed by atoms with Gasteiger partial charge in [-0.15, -0.1) is 0 Å². The Balaban J connectivity index is 1.73. The van der Waals surface area contributed by atoms with E-state index in [1.807, 2.05) is 0 Å². The third-order valence-electron chi connectivity index (χ3n) is 4.91. The maximum atomic E-state index is 12.7. The first-order valence-electron chi connectivity index (χ1n) is 9.84. The number of benzene rings is 1. The molecule has 0 spiro atoms. The van der Waals surface area contributed by atoms with Crippen LogP contribution in [0, 0.1) is 6.92 Å². The van der Waals surface area contributed by atoms with E-state index < -0.39 is 34.6 Å². The van der Waals surface area contributed by atoms with Gasteiger partial charge in [-0.2, -0.15) is 17.5 Å². The number of anilines is 1. The third kappa shape index (κ3) is 5.68. The average Bonchev–Trinajstić information content (AvgIpc) is 3.25. The molecule has 1 aliphatic heterocycles. The lowest BCUT2D eigenvalue weighted by Crippen LogP contribution is -2.35. The molecule has 0 aliphatic carbocycles. The lowest BCUT2D eigenvalue weighted by Gasteiger charge is -2.24. The van der Waals surface area contributed by atoms with Crippen LogP contribution in [0.1, 0.15) is 45.7 Å². The minimum atomic E-state index is -4.55. The SMILES string of the molecule is Cc1ccc(C(=O)NCC(F)(F)F)cc1NC(=O)c1ccc(S(=O)(=O)N2CCCCC2)o1. The first-order chi connectivity index (χ1) is 15.0. The Bertz CT molecular complexity index is 1110. The van der Waals surface area contributed by atoms with E-state index in [1.165, 1.54) is 34.6 Å². The molecule has 12 heteroatoms. The molecule has 2 N–H and O–H groups in total. The highest BCUT2D eigenvalue weighted by Crippen LogP contribution is 2.24. The zero-order valence-electron chi connectivity index (χ0n) is 17.2. The van der Waals surface area contributed by atoms with Crippen LogP contribution < -0.4 is 10.6 Å². The van der Waals surface area contributed by atoms with Crippen LogP contribution in [-0.4, -0.2) is 50.3 Å². The fraction of sp³-hybridized carbons (Fsp3) is 0.400. The Hall–Kier alpha value is -2.86. The van der Waals surface area contributed by atoms with Crippen molar-refractivity contribution < 1.29 is 35.6 Å². The van der Waals surface area contributed by atoms with Gasteiger partial charge in [0.25, 0.3) is 21.8 Å². The maximum absolute atomic E-state index is 12.7. The average molecular weight is 473 g/mol. The van der Waals surface area contributed by atoms with Gasteiger partial charge in [0.1, 0.15) is 6.54 Å². The molecule has 0 saturated carbocycles. The van der Waals surface area contributed by atoms with Gasteiger partial charge < -0.3 is 15.1 Å². The summed E-state index contributed by atoms with van der Waals surface area (Å²) in [5, 5.41) is 3.90. The van der Waals surface area contributed by atoms with Crippen molar-refractivity contribution in [2.45, 2.75) is 37.5 Å². The van der Waals surface area contributed by atoms with Crippen molar-refractivity contribution in [3.8, 4) is 0 Å². The van der Waals surface area contributed by atoms with Crippen molar-refractivity contribution in [2.75, 3.05) is 25.0 Å². The van der Waals surface area contributed by atoms with Crippen LogP contribution in [0.3, 0.4) is 0 Å². The van der Waals surface area contributed by atoms with Crippen LogP contribution in [0.5, 0.6) is 0 Å². The van der Waals surface area contributed by atoms with Crippen LogP contribution in [0.25, 0.3) is 0 Å². The molecule has 2 amide bonds. The third-order valence-corrected chi connectivity index (χ3v) is 6.68. The predicted octanol–water partition coefficient (Wildman–Crippen LogP) is 3.31. The van der Waals surface area contributed by atoms with Gasteiger partial charge in [0.2, 0.25) is 5.09 Å². The second kappa shape index (κ2) is 9.33. The maximum Gasteiger partial charge on any atom is 0.405 e. The first kappa shape index (κ1) is 23.8. The van der Waals surface area contributed by atoms with Crippen LogP contribution in [0.4, 0.5) is 18.9 Å². The highest BCUT2D eigenvalue weighted by atomic mass is 32.2. The first-order valence-corrected chi connectivity index (χ1v) is 11.3. The smallest absolute Gasteiger partial charge is 0.405 e. The molecule has 174 valence electrons. The molecular formula is C20H22F3N3O5S. The lowest BCUT2D eigenvalue weighted by molar-refractivity contribution is -0.123. The van der Waals surface area contributed by atoms with Gasteiger partial charge in [-0.05, 0) is 49.6 Å². The Morgan fingerprint density at radius 2 is 1.75 bits per heavy atom. The summed E-state index contributed by atoms with van der Waals surface area (Å²) in [6.07, 6.45) is -2.10. The molecule has 1 aromatic heterocycles. The fourth-order valence-corrected chi connectivity index (χ4v) is 4.61. The van der Waals surface area contributed by atoms with E-state index in [0.29, 0.717) is 18.7 Å². The minimum absolute atomic E-state index is 0.0806. The number of hydrogen-bond donors (Lipinski definition) is 2. The van der Waals surface area contributed by atoms with Crippen molar-refractivity contribution in [1.82, 2.24) is 9.62 Å². The van der Waals surface area contributed by atoms with Crippen LogP contribution >= 0.6 is 0 Å². The van der Waals surface area contributed by atoms with Crippen molar-refractivity contribution in [2.24, 2.45) is 0 Å². The molecule has 1 aromatic carbocycles. The zero-order chi connectivity index (χ0) is 23.5. The molecule has 0 radical (unpaired) electrons. The van der Waals surface area contributed by atoms with Gasteiger partial charge in [0.05, 0.1) is 0 Å². The molecule has 1 fully saturated rings. The number of hydrogen-bond acceptors (Lipinski definition) is 5. The Morgan fingerprint density at radius 1 is 1.06 bits per heavy atom. The van der Waals surface area contributed by atoms with E-state index in [-0.39, 0.29) is 22.1 Å². The predicted molar refractivity (Wildman–Crippen MR) is 109 cm³/mol. The second-order valence-corrected chi connectivity index (χ2v) is 9.23. The molecule has 2 heterocycles. The number of carbonyl (C=O) groups is 2. The minimum Gasteiger partial charge on any atom is -0.438 e. The van der Waals surface area contributed by atoms with Gasteiger partial charge in [0, 0.05) is 24.3 Å². The molecule has 1 aliphatic rings. The molecule has 2 aromatic rings. The molecule has 0 unspecified atom stereocenters. The van der Waals surface area contributed by atoms with Crippen LogP contribution in [0.2, 0.25) is 0 Å². The fourth-order valence-electron chi connectivity index (χ4n) is 3.18. The number of nitrogens with one attached hydrogen (secondary N) is 2. The number of rotatable bonds is 6. The summed E-state index contributed by atoms with van der Waals surface area (Å²) in [6, 6.07) is 6.45. The number of alkyl halides is 3. The summed E-state index contributed by atoms with van der Waals surface area (Å²) < 4.78 is 68.9. The number of furan rings is 1. The molecular weight excluding hydrogens is 451 g/mol. The Kier molecular flexibility index (Phi) is 6.94. The van der Waals surface area contributed by atoms with Crippen molar-refractivity contribution >= 4 is 27.5 Å². The van der Waals surface area contributed by atoms with E-state index in [4.69, 9.17) is 4.42 Å². The molecule has 0 atom stereocenters. The summed E-state index contributed by atoms with van der Waals surface area (Å²) in [4.78, 5) is 24.5. The summed E-state index contributed by atoms with van der Waals surface area (Å²) in [6.45, 7) is 0.906. The Labute approximate surface area is 182 Å². The van der Waals surface area contributed by atoms with Crippen molar-refractivity contribution in [3.63, 3.8) is 0 Å². The quantitative estimate of drug-likeness (QED) is 0.669. The van der Waals surface area contributed by atoms with Gasteiger partial charge in [-0.3, -0.25) is 9.59 Å². The van der Waals surface area contributed by atoms with Crippen LogP contribution in [-0.2, 0) is 10.0 Å². The van der Waals surface area contributed by atoms with Crippen molar-refractivity contribution in [1.29, 1.82) is 0 Å². The molecule has 32 heavy (non-hydrogen) atoms. The highest BCUT2D eigenvalue weighted by Gasteiger charge is 2.30. The molecule has 1 saturated heterocycles. The molecule has 0 bridgehead atoms. The van der Waals surface area contributed by atoms with E-state index in [1.54, 1.807) is 12.2 Å². The summed E-state index contributed by atoms with van der Waals surface area (Å²) in [5.74, 6) is -1.97. The lowest BCUT2D eigenvalue weighted by atomic mass is 10.1. The Morgan fingerprint density at radius 3 is 2.41 bits per heavy atom. The monoisotopic (exact) mass is 473 g/mol. The van der Waals surface area contributed by atoms with Gasteiger partial charge in [-0.25, -0.2) is 8.42 Å². The number of nitrogens with zero attached hydrogens (tertiary/aromatic N) is 1. The van der Waals surface area contributed by atoms with Gasteiger partial charge in [-0.1, -0.05) is 12.5 Å². The zero-order valence-corrected chi connectivity index (χ0v) is 18.0. The standard InChI is InChI=1S/C20H22F3N3O5S/c1-13-5-6-14(18(27)24-12-20(21,22)23)11-15(13)25-19(28)16-7-8-17(31-16)32(29,30)26-9-3-2-4-10-26/h5-8,11H,2-4,9-10,12H2,1H3,(H,24,27)(H,25,28). The number of amides is 2. The second-order valence-electron chi connectivity index (χ2n) is 7.37. The largest absolute Gasteiger partial charge is 0.438 e.